The first-order valence-corrected chi connectivity index (χ1v) is 7.22. The van der Waals surface area contributed by atoms with Gasteiger partial charge in [-0.05, 0) is 32.9 Å². The van der Waals surface area contributed by atoms with E-state index in [0.29, 0.717) is 6.04 Å². The van der Waals surface area contributed by atoms with Crippen LogP contribution in [0.5, 0.6) is 0 Å². The average molecular weight is 301 g/mol. The first-order chi connectivity index (χ1) is 8.15. The third-order valence-corrected chi connectivity index (χ3v) is 3.40. The van der Waals surface area contributed by atoms with E-state index in [9.17, 15) is 4.79 Å². The molecule has 17 heavy (non-hydrogen) atoms. The van der Waals surface area contributed by atoms with Gasteiger partial charge in [0.25, 0.3) is 5.56 Å². The second-order valence-corrected chi connectivity index (χ2v) is 5.20. The highest BCUT2D eigenvalue weighted by molar-refractivity contribution is 9.09. The maximum absolute atomic E-state index is 11.6. The number of aromatic nitrogens is 1. The van der Waals surface area contributed by atoms with E-state index >= 15 is 0 Å². The Kier molecular flexibility index (Phi) is 6.52. The molecule has 0 aromatic carbocycles. The summed E-state index contributed by atoms with van der Waals surface area (Å²) in [6.45, 7) is 7.16. The number of pyridine rings is 1. The first-order valence-electron chi connectivity index (χ1n) is 6.10. The van der Waals surface area contributed by atoms with Gasteiger partial charge in [-0.2, -0.15) is 0 Å². The molecule has 0 fully saturated rings. The Bertz CT molecular complexity index is 376. The molecule has 96 valence electrons. The normalized spacial score (nSPS) is 11.4. The molecule has 0 N–H and O–H groups in total. The van der Waals surface area contributed by atoms with Gasteiger partial charge in [-0.3, -0.25) is 9.69 Å². The lowest BCUT2D eigenvalue weighted by molar-refractivity contribution is 0.213. The molecule has 0 bridgehead atoms. The smallest absolute Gasteiger partial charge is 0.250 e. The number of nitrogens with zero attached hydrogens (tertiary/aromatic N) is 2. The SMILES string of the molecule is CC(C)N(CCCBr)CCn1ccccc1=O. The third-order valence-electron chi connectivity index (χ3n) is 2.84. The summed E-state index contributed by atoms with van der Waals surface area (Å²) in [5.41, 5.74) is 0.0803. The zero-order valence-corrected chi connectivity index (χ0v) is 12.2. The van der Waals surface area contributed by atoms with Gasteiger partial charge >= 0.3 is 0 Å². The van der Waals surface area contributed by atoms with Gasteiger partial charge in [0.05, 0.1) is 0 Å². The molecule has 1 aromatic rings. The minimum Gasteiger partial charge on any atom is -0.314 e. The predicted octanol–water partition coefficient (Wildman–Crippen LogP) is 2.34. The van der Waals surface area contributed by atoms with Crippen molar-refractivity contribution in [3.63, 3.8) is 0 Å². The van der Waals surface area contributed by atoms with Gasteiger partial charge < -0.3 is 4.57 Å². The number of hydrogen-bond acceptors (Lipinski definition) is 2. The molecule has 0 saturated carbocycles. The fourth-order valence-electron chi connectivity index (χ4n) is 1.77. The highest BCUT2D eigenvalue weighted by Gasteiger charge is 2.08. The summed E-state index contributed by atoms with van der Waals surface area (Å²) < 4.78 is 1.77. The minimum atomic E-state index is 0.0803. The Morgan fingerprint density at radius 1 is 1.35 bits per heavy atom. The minimum absolute atomic E-state index is 0.0803. The summed E-state index contributed by atoms with van der Waals surface area (Å²) in [4.78, 5) is 14.0. The summed E-state index contributed by atoms with van der Waals surface area (Å²) in [6, 6.07) is 5.82. The van der Waals surface area contributed by atoms with E-state index in [2.05, 4.69) is 34.7 Å². The average Bonchev–Trinajstić information content (AvgIpc) is 2.31. The second-order valence-electron chi connectivity index (χ2n) is 4.40. The molecule has 0 amide bonds. The number of halogens is 1. The Morgan fingerprint density at radius 3 is 2.71 bits per heavy atom. The topological polar surface area (TPSA) is 25.2 Å². The van der Waals surface area contributed by atoms with Crippen LogP contribution in [0, 0.1) is 0 Å². The van der Waals surface area contributed by atoms with Gasteiger partial charge in [-0.25, -0.2) is 0 Å². The van der Waals surface area contributed by atoms with E-state index in [1.54, 1.807) is 16.7 Å². The van der Waals surface area contributed by atoms with Crippen LogP contribution in [0.1, 0.15) is 20.3 Å². The summed E-state index contributed by atoms with van der Waals surface area (Å²) in [7, 11) is 0. The Balaban J connectivity index is 2.52. The van der Waals surface area contributed by atoms with Crippen LogP contribution in [0.4, 0.5) is 0 Å². The molecule has 0 radical (unpaired) electrons. The van der Waals surface area contributed by atoms with Crippen molar-refractivity contribution in [2.75, 3.05) is 18.4 Å². The fourth-order valence-corrected chi connectivity index (χ4v) is 2.02. The molecule has 1 heterocycles. The second kappa shape index (κ2) is 7.67. The maximum atomic E-state index is 11.6. The predicted molar refractivity (Wildman–Crippen MR) is 75.8 cm³/mol. The summed E-state index contributed by atoms with van der Waals surface area (Å²) in [6.07, 6.45) is 2.99. The fraction of sp³-hybridized carbons (Fsp3) is 0.615. The van der Waals surface area contributed by atoms with Crippen molar-refractivity contribution >= 4 is 15.9 Å². The third kappa shape index (κ3) is 5.04. The Labute approximate surface area is 112 Å². The van der Waals surface area contributed by atoms with Crippen molar-refractivity contribution in [1.29, 1.82) is 0 Å². The molecular formula is C13H21BrN2O. The standard InChI is InChI=1S/C13H21BrN2O/c1-12(2)15(9-5-7-14)10-11-16-8-4-3-6-13(16)17/h3-4,6,8,12H,5,7,9-11H2,1-2H3. The highest BCUT2D eigenvalue weighted by atomic mass is 79.9. The lowest BCUT2D eigenvalue weighted by Crippen LogP contribution is -2.36. The Hall–Kier alpha value is -0.610. The zero-order valence-electron chi connectivity index (χ0n) is 10.6. The highest BCUT2D eigenvalue weighted by Crippen LogP contribution is 2.01. The van der Waals surface area contributed by atoms with Gasteiger partial charge in [-0.1, -0.05) is 22.0 Å². The molecule has 0 atom stereocenters. The largest absolute Gasteiger partial charge is 0.314 e. The summed E-state index contributed by atoms with van der Waals surface area (Å²) in [5.74, 6) is 0. The van der Waals surface area contributed by atoms with Gasteiger partial charge in [0, 0.05) is 36.7 Å². The van der Waals surface area contributed by atoms with Crippen molar-refractivity contribution in [1.82, 2.24) is 9.47 Å². The van der Waals surface area contributed by atoms with E-state index in [0.717, 1.165) is 31.4 Å². The molecule has 3 nitrogen and oxygen atoms in total. The van der Waals surface area contributed by atoms with Gasteiger partial charge in [0.1, 0.15) is 0 Å². The van der Waals surface area contributed by atoms with E-state index in [4.69, 9.17) is 0 Å². The quantitative estimate of drug-likeness (QED) is 0.722. The van der Waals surface area contributed by atoms with Crippen LogP contribution in [-0.2, 0) is 6.54 Å². The van der Waals surface area contributed by atoms with Gasteiger partial charge in [-0.15, -0.1) is 0 Å². The van der Waals surface area contributed by atoms with Gasteiger partial charge in [0.15, 0.2) is 0 Å². The molecular weight excluding hydrogens is 280 g/mol. The van der Waals surface area contributed by atoms with Crippen LogP contribution >= 0.6 is 15.9 Å². The molecule has 0 spiro atoms. The molecule has 0 aliphatic heterocycles. The number of alkyl halides is 1. The molecule has 4 heteroatoms. The van der Waals surface area contributed by atoms with Crippen molar-refractivity contribution in [3.8, 4) is 0 Å². The Morgan fingerprint density at radius 2 is 2.12 bits per heavy atom. The first kappa shape index (κ1) is 14.5. The lowest BCUT2D eigenvalue weighted by atomic mass is 10.3. The van der Waals surface area contributed by atoms with Crippen LogP contribution in [0.15, 0.2) is 29.2 Å². The maximum Gasteiger partial charge on any atom is 0.250 e. The number of rotatable bonds is 7. The molecule has 0 saturated heterocycles. The zero-order chi connectivity index (χ0) is 12.7. The van der Waals surface area contributed by atoms with Crippen LogP contribution in [0.25, 0.3) is 0 Å². The monoisotopic (exact) mass is 300 g/mol. The van der Waals surface area contributed by atoms with E-state index in [1.807, 2.05) is 12.3 Å². The van der Waals surface area contributed by atoms with E-state index in [1.165, 1.54) is 0 Å². The summed E-state index contributed by atoms with van der Waals surface area (Å²) in [5, 5.41) is 1.03. The lowest BCUT2D eigenvalue weighted by Gasteiger charge is -2.26. The number of hydrogen-bond donors (Lipinski definition) is 0. The molecule has 0 unspecified atom stereocenters. The van der Waals surface area contributed by atoms with Crippen molar-refractivity contribution in [2.24, 2.45) is 0 Å². The molecule has 1 aromatic heterocycles. The van der Waals surface area contributed by atoms with Crippen LogP contribution in [0.3, 0.4) is 0 Å². The van der Waals surface area contributed by atoms with Crippen molar-refractivity contribution < 1.29 is 0 Å². The van der Waals surface area contributed by atoms with Crippen molar-refractivity contribution in [2.45, 2.75) is 32.9 Å². The molecule has 1 rings (SSSR count). The van der Waals surface area contributed by atoms with Crippen LogP contribution < -0.4 is 5.56 Å². The molecule has 0 aliphatic rings. The van der Waals surface area contributed by atoms with Crippen molar-refractivity contribution in [3.05, 3.63) is 34.7 Å². The van der Waals surface area contributed by atoms with Crippen LogP contribution in [0.2, 0.25) is 0 Å². The van der Waals surface area contributed by atoms with Crippen LogP contribution in [-0.4, -0.2) is 33.9 Å². The van der Waals surface area contributed by atoms with E-state index in [-0.39, 0.29) is 5.56 Å². The molecule has 0 aliphatic carbocycles. The summed E-state index contributed by atoms with van der Waals surface area (Å²) >= 11 is 3.45. The van der Waals surface area contributed by atoms with E-state index < -0.39 is 0 Å². The van der Waals surface area contributed by atoms with Gasteiger partial charge in [0.2, 0.25) is 0 Å².